The third-order valence-electron chi connectivity index (χ3n) is 3.42. The van der Waals surface area contributed by atoms with Crippen LogP contribution in [0.3, 0.4) is 0 Å². The van der Waals surface area contributed by atoms with Gasteiger partial charge in [0.25, 0.3) is 0 Å². The van der Waals surface area contributed by atoms with Gasteiger partial charge in [0.15, 0.2) is 5.78 Å². The Bertz CT molecular complexity index is 655. The molecule has 0 saturated heterocycles. The SMILES string of the molecule is CC(NC(=O)CCC(=O)c1ccccc1)c1ccccc1Cl. The van der Waals surface area contributed by atoms with E-state index in [1.54, 1.807) is 18.2 Å². The number of nitrogens with one attached hydrogen (secondary N) is 1. The first-order chi connectivity index (χ1) is 10.6. The maximum absolute atomic E-state index is 12.0. The summed E-state index contributed by atoms with van der Waals surface area (Å²) < 4.78 is 0. The molecule has 1 atom stereocenters. The molecule has 0 fully saturated rings. The Hall–Kier alpha value is -2.13. The number of halogens is 1. The smallest absolute Gasteiger partial charge is 0.220 e. The zero-order valence-corrected chi connectivity index (χ0v) is 13.1. The fourth-order valence-electron chi connectivity index (χ4n) is 2.21. The molecule has 4 heteroatoms. The molecule has 1 N–H and O–H groups in total. The van der Waals surface area contributed by atoms with Crippen LogP contribution in [0, 0.1) is 0 Å². The fourth-order valence-corrected chi connectivity index (χ4v) is 2.51. The summed E-state index contributed by atoms with van der Waals surface area (Å²) >= 11 is 6.10. The Morgan fingerprint density at radius 3 is 2.32 bits per heavy atom. The van der Waals surface area contributed by atoms with E-state index in [2.05, 4.69) is 5.32 Å². The average Bonchev–Trinajstić information content (AvgIpc) is 2.53. The molecule has 0 aromatic heterocycles. The molecule has 0 aliphatic carbocycles. The average molecular weight is 316 g/mol. The number of rotatable bonds is 6. The van der Waals surface area contributed by atoms with Gasteiger partial charge in [0.1, 0.15) is 0 Å². The first kappa shape index (κ1) is 16.2. The molecule has 2 rings (SSSR count). The van der Waals surface area contributed by atoms with Crippen molar-refractivity contribution in [3.05, 3.63) is 70.7 Å². The van der Waals surface area contributed by atoms with Gasteiger partial charge >= 0.3 is 0 Å². The highest BCUT2D eigenvalue weighted by atomic mass is 35.5. The van der Waals surface area contributed by atoms with Crippen LogP contribution in [-0.4, -0.2) is 11.7 Å². The fraction of sp³-hybridized carbons (Fsp3) is 0.222. The summed E-state index contributed by atoms with van der Waals surface area (Å²) in [6.45, 7) is 1.87. The minimum Gasteiger partial charge on any atom is -0.350 e. The third kappa shape index (κ3) is 4.43. The molecule has 1 amide bonds. The van der Waals surface area contributed by atoms with E-state index in [0.717, 1.165) is 5.56 Å². The number of hydrogen-bond acceptors (Lipinski definition) is 2. The zero-order chi connectivity index (χ0) is 15.9. The summed E-state index contributed by atoms with van der Waals surface area (Å²) in [7, 11) is 0. The molecule has 0 saturated carbocycles. The molecule has 0 aliphatic heterocycles. The summed E-state index contributed by atoms with van der Waals surface area (Å²) in [6, 6.07) is 16.2. The van der Waals surface area contributed by atoms with Gasteiger partial charge in [-0.15, -0.1) is 0 Å². The monoisotopic (exact) mass is 315 g/mol. The lowest BCUT2D eigenvalue weighted by molar-refractivity contribution is -0.121. The van der Waals surface area contributed by atoms with Gasteiger partial charge < -0.3 is 5.32 Å². The number of Topliss-reactive ketones (excluding diaryl/α,β-unsaturated/α-hetero) is 1. The van der Waals surface area contributed by atoms with Crippen molar-refractivity contribution in [3.8, 4) is 0 Å². The van der Waals surface area contributed by atoms with Crippen molar-refractivity contribution in [1.82, 2.24) is 5.32 Å². The van der Waals surface area contributed by atoms with Gasteiger partial charge in [-0.2, -0.15) is 0 Å². The highest BCUT2D eigenvalue weighted by Gasteiger charge is 2.14. The van der Waals surface area contributed by atoms with Gasteiger partial charge in [-0.05, 0) is 18.6 Å². The molecule has 0 bridgehead atoms. The Morgan fingerprint density at radius 1 is 1.00 bits per heavy atom. The molecule has 2 aromatic carbocycles. The van der Waals surface area contributed by atoms with Gasteiger partial charge in [0.2, 0.25) is 5.91 Å². The van der Waals surface area contributed by atoms with Crippen LogP contribution in [0.2, 0.25) is 5.02 Å². The van der Waals surface area contributed by atoms with Crippen molar-refractivity contribution in [1.29, 1.82) is 0 Å². The second-order valence-electron chi connectivity index (χ2n) is 5.10. The van der Waals surface area contributed by atoms with Gasteiger partial charge in [-0.25, -0.2) is 0 Å². The number of carbonyl (C=O) groups excluding carboxylic acids is 2. The van der Waals surface area contributed by atoms with Gasteiger partial charge in [0.05, 0.1) is 6.04 Å². The first-order valence-electron chi connectivity index (χ1n) is 7.20. The predicted molar refractivity (Wildman–Crippen MR) is 88.0 cm³/mol. The standard InChI is InChI=1S/C18H18ClNO2/c1-13(15-9-5-6-10-16(15)19)20-18(22)12-11-17(21)14-7-3-2-4-8-14/h2-10,13H,11-12H2,1H3,(H,20,22). The molecule has 0 aliphatic rings. The van der Waals surface area contributed by atoms with Gasteiger partial charge in [0, 0.05) is 23.4 Å². The molecule has 1 unspecified atom stereocenters. The van der Waals surface area contributed by atoms with E-state index in [9.17, 15) is 9.59 Å². The van der Waals surface area contributed by atoms with E-state index < -0.39 is 0 Å². The van der Waals surface area contributed by atoms with Crippen molar-refractivity contribution in [2.24, 2.45) is 0 Å². The summed E-state index contributed by atoms with van der Waals surface area (Å²) in [5.41, 5.74) is 1.50. The number of amides is 1. The Labute approximate surface area is 135 Å². The van der Waals surface area contributed by atoms with Crippen molar-refractivity contribution < 1.29 is 9.59 Å². The van der Waals surface area contributed by atoms with Crippen LogP contribution < -0.4 is 5.32 Å². The van der Waals surface area contributed by atoms with Gasteiger partial charge in [-0.1, -0.05) is 60.1 Å². The van der Waals surface area contributed by atoms with Gasteiger partial charge in [-0.3, -0.25) is 9.59 Å². The number of ketones is 1. The lowest BCUT2D eigenvalue weighted by Crippen LogP contribution is -2.27. The number of carbonyl (C=O) groups is 2. The van der Waals surface area contributed by atoms with E-state index in [4.69, 9.17) is 11.6 Å². The van der Waals surface area contributed by atoms with E-state index in [1.165, 1.54) is 0 Å². The number of benzene rings is 2. The Morgan fingerprint density at radius 2 is 1.64 bits per heavy atom. The van der Waals surface area contributed by atoms with Crippen LogP contribution in [0.15, 0.2) is 54.6 Å². The van der Waals surface area contributed by atoms with E-state index >= 15 is 0 Å². The topological polar surface area (TPSA) is 46.2 Å². The van der Waals surface area contributed by atoms with Crippen LogP contribution in [-0.2, 0) is 4.79 Å². The van der Waals surface area contributed by atoms with Crippen molar-refractivity contribution >= 4 is 23.3 Å². The molecule has 2 aromatic rings. The zero-order valence-electron chi connectivity index (χ0n) is 12.4. The normalized spacial score (nSPS) is 11.7. The minimum atomic E-state index is -0.187. The molecular weight excluding hydrogens is 298 g/mol. The molecule has 0 spiro atoms. The van der Waals surface area contributed by atoms with Crippen LogP contribution in [0.5, 0.6) is 0 Å². The van der Waals surface area contributed by atoms with Crippen LogP contribution in [0.4, 0.5) is 0 Å². The maximum Gasteiger partial charge on any atom is 0.220 e. The molecule has 22 heavy (non-hydrogen) atoms. The van der Waals surface area contributed by atoms with Crippen molar-refractivity contribution in [2.75, 3.05) is 0 Å². The maximum atomic E-state index is 12.0. The summed E-state index contributed by atoms with van der Waals surface area (Å²) in [5, 5.41) is 3.49. The lowest BCUT2D eigenvalue weighted by atomic mass is 10.1. The molecule has 114 valence electrons. The van der Waals surface area contributed by atoms with E-state index in [0.29, 0.717) is 10.6 Å². The quantitative estimate of drug-likeness (QED) is 0.813. The molecular formula is C18H18ClNO2. The Kier molecular flexibility index (Phi) is 5.73. The van der Waals surface area contributed by atoms with E-state index in [-0.39, 0.29) is 30.6 Å². The molecule has 3 nitrogen and oxygen atoms in total. The van der Waals surface area contributed by atoms with Crippen molar-refractivity contribution in [2.45, 2.75) is 25.8 Å². The molecule has 0 heterocycles. The van der Waals surface area contributed by atoms with Crippen LogP contribution >= 0.6 is 11.6 Å². The molecule has 0 radical (unpaired) electrons. The Balaban J connectivity index is 1.86. The highest BCUT2D eigenvalue weighted by Crippen LogP contribution is 2.22. The first-order valence-corrected chi connectivity index (χ1v) is 7.58. The van der Waals surface area contributed by atoms with E-state index in [1.807, 2.05) is 43.3 Å². The largest absolute Gasteiger partial charge is 0.350 e. The second kappa shape index (κ2) is 7.76. The summed E-state index contributed by atoms with van der Waals surface area (Å²) in [6.07, 6.45) is 0.369. The highest BCUT2D eigenvalue weighted by molar-refractivity contribution is 6.31. The van der Waals surface area contributed by atoms with Crippen LogP contribution in [0.25, 0.3) is 0 Å². The predicted octanol–water partition coefficient (Wildman–Crippen LogP) is 4.18. The van der Waals surface area contributed by atoms with Crippen LogP contribution in [0.1, 0.15) is 41.7 Å². The lowest BCUT2D eigenvalue weighted by Gasteiger charge is -2.15. The third-order valence-corrected chi connectivity index (χ3v) is 3.77. The summed E-state index contributed by atoms with van der Waals surface area (Å²) in [5.74, 6) is -0.183. The number of hydrogen-bond donors (Lipinski definition) is 1. The van der Waals surface area contributed by atoms with Crippen molar-refractivity contribution in [3.63, 3.8) is 0 Å². The summed E-state index contributed by atoms with van der Waals surface area (Å²) in [4.78, 5) is 23.9. The minimum absolute atomic E-state index is 0.0267. The second-order valence-corrected chi connectivity index (χ2v) is 5.51.